The molecule has 0 aliphatic rings. The van der Waals surface area contributed by atoms with Crippen LogP contribution in [0.3, 0.4) is 0 Å². The molecular formula is C6H13F3N2O. The molecule has 0 saturated heterocycles. The van der Waals surface area contributed by atoms with E-state index in [9.17, 15) is 13.2 Å². The van der Waals surface area contributed by atoms with Crippen LogP contribution < -0.4 is 11.3 Å². The molecule has 0 aromatic carbocycles. The maximum atomic E-state index is 11.5. The minimum Gasteiger partial charge on any atom is -0.372 e. The second-order valence-corrected chi connectivity index (χ2v) is 2.52. The highest BCUT2D eigenvalue weighted by Gasteiger charge is 2.27. The molecule has 1 unspecified atom stereocenters. The molecule has 1 atom stereocenters. The van der Waals surface area contributed by atoms with Crippen molar-refractivity contribution in [3.05, 3.63) is 0 Å². The normalized spacial score (nSPS) is 14.8. The molecule has 0 bridgehead atoms. The topological polar surface area (TPSA) is 47.3 Å². The van der Waals surface area contributed by atoms with Crippen LogP contribution in [0.2, 0.25) is 0 Å². The molecule has 0 amide bonds. The summed E-state index contributed by atoms with van der Waals surface area (Å²) >= 11 is 0. The first-order chi connectivity index (χ1) is 5.45. The van der Waals surface area contributed by atoms with Gasteiger partial charge in [-0.3, -0.25) is 11.3 Å². The van der Waals surface area contributed by atoms with Crippen molar-refractivity contribution in [3.8, 4) is 0 Å². The lowest BCUT2D eigenvalue weighted by molar-refractivity contribution is -0.174. The van der Waals surface area contributed by atoms with Crippen LogP contribution in [0.5, 0.6) is 0 Å². The lowest BCUT2D eigenvalue weighted by Gasteiger charge is -2.10. The van der Waals surface area contributed by atoms with E-state index in [1.54, 1.807) is 6.92 Å². The van der Waals surface area contributed by atoms with Crippen LogP contribution in [-0.2, 0) is 4.74 Å². The minimum atomic E-state index is -4.24. The first kappa shape index (κ1) is 11.7. The maximum absolute atomic E-state index is 11.5. The summed E-state index contributed by atoms with van der Waals surface area (Å²) in [7, 11) is 0. The van der Waals surface area contributed by atoms with Crippen molar-refractivity contribution in [2.45, 2.75) is 25.6 Å². The molecule has 74 valence electrons. The van der Waals surface area contributed by atoms with Crippen molar-refractivity contribution >= 4 is 0 Å². The summed E-state index contributed by atoms with van der Waals surface area (Å²) in [6.45, 7) is 0.631. The van der Waals surface area contributed by atoms with E-state index in [0.717, 1.165) is 0 Å². The molecule has 0 aromatic heterocycles. The zero-order chi connectivity index (χ0) is 9.61. The predicted octanol–water partition coefficient (Wildman–Crippen LogP) is 0.807. The van der Waals surface area contributed by atoms with Crippen molar-refractivity contribution in [2.24, 2.45) is 5.84 Å². The number of ether oxygens (including phenoxy) is 1. The summed E-state index contributed by atoms with van der Waals surface area (Å²) in [6, 6.07) is -0.0294. The third kappa shape index (κ3) is 7.77. The fourth-order valence-electron chi connectivity index (χ4n) is 0.531. The summed E-state index contributed by atoms with van der Waals surface area (Å²) in [5.41, 5.74) is 2.40. The number of rotatable bonds is 5. The Morgan fingerprint density at radius 1 is 1.50 bits per heavy atom. The van der Waals surface area contributed by atoms with Crippen molar-refractivity contribution < 1.29 is 17.9 Å². The summed E-state index contributed by atoms with van der Waals surface area (Å²) in [4.78, 5) is 0. The van der Waals surface area contributed by atoms with Crippen LogP contribution in [0.4, 0.5) is 13.2 Å². The number of nitrogens with two attached hydrogens (primary N) is 1. The molecular weight excluding hydrogens is 173 g/mol. The summed E-state index contributed by atoms with van der Waals surface area (Å²) in [5, 5.41) is 0. The van der Waals surface area contributed by atoms with Crippen LogP contribution in [0, 0.1) is 0 Å². The highest BCUT2D eigenvalue weighted by atomic mass is 19.4. The third-order valence-corrected chi connectivity index (χ3v) is 1.25. The van der Waals surface area contributed by atoms with Crippen LogP contribution in [0.1, 0.15) is 13.3 Å². The van der Waals surface area contributed by atoms with Crippen molar-refractivity contribution in [1.29, 1.82) is 0 Å². The van der Waals surface area contributed by atoms with Gasteiger partial charge in [-0.1, -0.05) is 0 Å². The van der Waals surface area contributed by atoms with Gasteiger partial charge in [-0.05, 0) is 13.3 Å². The molecule has 0 saturated carbocycles. The number of hydrogen-bond acceptors (Lipinski definition) is 3. The SMILES string of the molecule is CC(CCOCC(F)(F)F)NN. The number of nitrogens with one attached hydrogen (secondary N) is 1. The zero-order valence-electron chi connectivity index (χ0n) is 6.82. The Morgan fingerprint density at radius 3 is 2.50 bits per heavy atom. The lowest BCUT2D eigenvalue weighted by Crippen LogP contribution is -2.33. The Bertz CT molecular complexity index is 118. The largest absolute Gasteiger partial charge is 0.411 e. The second-order valence-electron chi connectivity index (χ2n) is 2.52. The smallest absolute Gasteiger partial charge is 0.372 e. The highest BCUT2D eigenvalue weighted by molar-refractivity contribution is 4.54. The Labute approximate surface area is 69.0 Å². The van der Waals surface area contributed by atoms with Gasteiger partial charge in [0.25, 0.3) is 0 Å². The van der Waals surface area contributed by atoms with Gasteiger partial charge in [0, 0.05) is 12.6 Å². The van der Waals surface area contributed by atoms with E-state index in [1.807, 2.05) is 0 Å². The van der Waals surface area contributed by atoms with Gasteiger partial charge in [-0.2, -0.15) is 13.2 Å². The summed E-state index contributed by atoms with van der Waals surface area (Å²) < 4.78 is 38.8. The average molecular weight is 186 g/mol. The fraction of sp³-hybridized carbons (Fsp3) is 1.00. The number of hydrazine groups is 1. The van der Waals surface area contributed by atoms with Crippen LogP contribution in [0.25, 0.3) is 0 Å². The molecule has 0 fully saturated rings. The molecule has 0 spiro atoms. The second kappa shape index (κ2) is 5.34. The monoisotopic (exact) mass is 186 g/mol. The first-order valence-corrected chi connectivity index (χ1v) is 3.56. The van der Waals surface area contributed by atoms with Gasteiger partial charge in [0.05, 0.1) is 0 Å². The molecule has 0 radical (unpaired) electrons. The van der Waals surface area contributed by atoms with E-state index in [1.165, 1.54) is 0 Å². The molecule has 3 N–H and O–H groups in total. The van der Waals surface area contributed by atoms with Gasteiger partial charge in [-0.25, -0.2) is 0 Å². The van der Waals surface area contributed by atoms with Crippen molar-refractivity contribution in [2.75, 3.05) is 13.2 Å². The van der Waals surface area contributed by atoms with E-state index < -0.39 is 12.8 Å². The molecule has 12 heavy (non-hydrogen) atoms. The van der Waals surface area contributed by atoms with Crippen LogP contribution in [-0.4, -0.2) is 25.4 Å². The van der Waals surface area contributed by atoms with E-state index in [-0.39, 0.29) is 12.6 Å². The number of alkyl halides is 3. The maximum Gasteiger partial charge on any atom is 0.411 e. The van der Waals surface area contributed by atoms with Gasteiger partial charge in [0.2, 0.25) is 0 Å². The molecule has 0 rings (SSSR count). The summed E-state index contributed by atoms with van der Waals surface area (Å²) in [6.07, 6.45) is -3.77. The molecule has 3 nitrogen and oxygen atoms in total. The van der Waals surface area contributed by atoms with Gasteiger partial charge >= 0.3 is 6.18 Å². The minimum absolute atomic E-state index is 0.0294. The fourth-order valence-corrected chi connectivity index (χ4v) is 0.531. The van der Waals surface area contributed by atoms with Crippen LogP contribution in [0.15, 0.2) is 0 Å². The quantitative estimate of drug-likeness (QED) is 0.379. The number of halogens is 3. The third-order valence-electron chi connectivity index (χ3n) is 1.25. The zero-order valence-corrected chi connectivity index (χ0v) is 6.82. The molecule has 0 heterocycles. The Morgan fingerprint density at radius 2 is 2.08 bits per heavy atom. The van der Waals surface area contributed by atoms with Gasteiger partial charge in [-0.15, -0.1) is 0 Å². The highest BCUT2D eigenvalue weighted by Crippen LogP contribution is 2.14. The number of hydrogen-bond donors (Lipinski definition) is 2. The Hall–Kier alpha value is -0.330. The first-order valence-electron chi connectivity index (χ1n) is 3.56. The van der Waals surface area contributed by atoms with E-state index in [4.69, 9.17) is 5.84 Å². The Kier molecular flexibility index (Phi) is 5.19. The predicted molar refractivity (Wildman–Crippen MR) is 38.3 cm³/mol. The van der Waals surface area contributed by atoms with Crippen molar-refractivity contribution in [1.82, 2.24) is 5.43 Å². The van der Waals surface area contributed by atoms with Gasteiger partial charge < -0.3 is 4.74 Å². The standard InChI is InChI=1S/C6H13F3N2O/c1-5(11-10)2-3-12-4-6(7,8)9/h5,11H,2-4,10H2,1H3. The lowest BCUT2D eigenvalue weighted by atomic mass is 10.3. The van der Waals surface area contributed by atoms with Gasteiger partial charge in [0.1, 0.15) is 6.61 Å². The molecule has 0 aliphatic carbocycles. The van der Waals surface area contributed by atoms with E-state index in [2.05, 4.69) is 10.2 Å². The van der Waals surface area contributed by atoms with Crippen molar-refractivity contribution in [3.63, 3.8) is 0 Å². The molecule has 0 aromatic rings. The van der Waals surface area contributed by atoms with E-state index in [0.29, 0.717) is 6.42 Å². The molecule has 6 heteroatoms. The van der Waals surface area contributed by atoms with Crippen LogP contribution >= 0.6 is 0 Å². The van der Waals surface area contributed by atoms with E-state index >= 15 is 0 Å². The molecule has 0 aliphatic heterocycles. The van der Waals surface area contributed by atoms with Gasteiger partial charge in [0.15, 0.2) is 0 Å². The average Bonchev–Trinajstić information content (AvgIpc) is 1.96. The Balaban J connectivity index is 3.22. The summed E-state index contributed by atoms with van der Waals surface area (Å²) in [5.74, 6) is 5.01.